The van der Waals surface area contributed by atoms with E-state index in [0.29, 0.717) is 31.0 Å². The lowest BCUT2D eigenvalue weighted by Gasteiger charge is -2.12. The summed E-state index contributed by atoms with van der Waals surface area (Å²) in [6.07, 6.45) is -0.608. The average molecular weight is 474 g/mol. The van der Waals surface area contributed by atoms with Crippen molar-refractivity contribution in [1.29, 1.82) is 0 Å². The smallest absolute Gasteiger partial charge is 0.340 e. The number of carbonyl (C=O) groups excluding carboxylic acids is 1. The Labute approximate surface area is 206 Å². The van der Waals surface area contributed by atoms with Gasteiger partial charge in [0.05, 0.1) is 12.2 Å². The van der Waals surface area contributed by atoms with Crippen molar-refractivity contribution in [2.75, 3.05) is 19.8 Å². The lowest BCUT2D eigenvalue weighted by molar-refractivity contribution is -0.676. The zero-order valence-corrected chi connectivity index (χ0v) is 20.3. The van der Waals surface area contributed by atoms with Crippen LogP contribution in [0.1, 0.15) is 34.1 Å². The molecule has 182 valence electrons. The van der Waals surface area contributed by atoms with Crippen LogP contribution in [0.5, 0.6) is 5.75 Å². The molecule has 0 fully saturated rings. The van der Waals surface area contributed by atoms with Crippen LogP contribution in [0.2, 0.25) is 0 Å². The number of rotatable bonds is 11. The molecule has 0 saturated heterocycles. The van der Waals surface area contributed by atoms with Crippen molar-refractivity contribution < 1.29 is 24.7 Å². The molecule has 1 heterocycles. The van der Waals surface area contributed by atoms with E-state index < -0.39 is 6.10 Å². The van der Waals surface area contributed by atoms with Gasteiger partial charge < -0.3 is 24.5 Å². The molecular weight excluding hydrogens is 440 g/mol. The van der Waals surface area contributed by atoms with Crippen molar-refractivity contribution in [3.05, 3.63) is 101 Å². The summed E-state index contributed by atoms with van der Waals surface area (Å²) < 4.78 is 13.4. The first-order valence-electron chi connectivity index (χ1n) is 12.1. The van der Waals surface area contributed by atoms with Gasteiger partial charge in [0.25, 0.3) is 0 Å². The molecule has 4 aromatic rings. The highest BCUT2D eigenvalue weighted by Gasteiger charge is 2.22. The Hall–Kier alpha value is -3.61. The van der Waals surface area contributed by atoms with Crippen LogP contribution in [0.3, 0.4) is 0 Å². The largest absolute Gasteiger partial charge is 0.491 e. The van der Waals surface area contributed by atoms with E-state index in [1.165, 1.54) is 5.56 Å². The van der Waals surface area contributed by atoms with E-state index in [2.05, 4.69) is 34.1 Å². The van der Waals surface area contributed by atoms with Gasteiger partial charge in [-0.2, -0.15) is 0 Å². The molecule has 35 heavy (non-hydrogen) atoms. The number of esters is 1. The lowest BCUT2D eigenvalue weighted by atomic mass is 10.1. The third kappa shape index (κ3) is 6.10. The highest BCUT2D eigenvalue weighted by molar-refractivity contribution is 6.06. The monoisotopic (exact) mass is 473 g/mol. The average Bonchev–Trinajstić information content (AvgIpc) is 3.14. The Morgan fingerprint density at radius 2 is 1.69 bits per heavy atom. The highest BCUT2D eigenvalue weighted by Crippen LogP contribution is 2.31. The van der Waals surface area contributed by atoms with Crippen LogP contribution >= 0.6 is 0 Å². The number of benzene rings is 3. The van der Waals surface area contributed by atoms with Gasteiger partial charge in [-0.05, 0) is 37.6 Å². The molecular formula is C29H33N2O4+. The Bertz CT molecular complexity index is 1250. The van der Waals surface area contributed by atoms with Crippen molar-refractivity contribution in [2.24, 2.45) is 0 Å². The van der Waals surface area contributed by atoms with Crippen LogP contribution in [-0.4, -0.2) is 41.5 Å². The van der Waals surface area contributed by atoms with Crippen LogP contribution in [0.4, 0.5) is 0 Å². The molecule has 0 aliphatic carbocycles. The summed E-state index contributed by atoms with van der Waals surface area (Å²) in [5.41, 5.74) is 4.72. The third-order valence-electron chi connectivity index (χ3n) is 6.06. The number of nitrogens with two attached hydrogens (primary N) is 1. The number of carbonyl (C=O) groups is 1. The van der Waals surface area contributed by atoms with Crippen LogP contribution < -0.4 is 10.1 Å². The predicted octanol–water partition coefficient (Wildman–Crippen LogP) is 3.68. The fraction of sp³-hybridized carbons (Fsp3) is 0.276. The zero-order valence-electron chi connectivity index (χ0n) is 20.3. The van der Waals surface area contributed by atoms with E-state index in [1.54, 1.807) is 6.92 Å². The normalized spacial score (nSPS) is 12.0. The Morgan fingerprint density at radius 3 is 2.37 bits per heavy atom. The maximum Gasteiger partial charge on any atom is 0.340 e. The lowest BCUT2D eigenvalue weighted by Crippen LogP contribution is -2.85. The molecule has 6 heteroatoms. The molecule has 1 atom stereocenters. The summed E-state index contributed by atoms with van der Waals surface area (Å²) in [5.74, 6) is 0.275. The van der Waals surface area contributed by atoms with Gasteiger partial charge in [0.15, 0.2) is 0 Å². The minimum Gasteiger partial charge on any atom is -0.491 e. The minimum absolute atomic E-state index is 0.176. The molecule has 4 rings (SSSR count). The first-order valence-corrected chi connectivity index (χ1v) is 12.1. The van der Waals surface area contributed by atoms with E-state index in [-0.39, 0.29) is 12.6 Å². The standard InChI is InChI=1S/C29H32N2O4/c1-3-34-29(33)28-21(2)31(19-23-12-8-5-9-13-23)27-15-14-25(16-26(27)28)35-20-24(32)18-30-17-22-10-6-4-7-11-22/h4-16,24,30,32H,3,17-20H2,1-2H3/p+1/t24-/m0/s1. The SMILES string of the molecule is CCOC(=O)c1c(C)n(Cc2ccccc2)c2ccc(OC[C@@H](O)C[NH2+]Cc3ccccc3)cc12. The maximum absolute atomic E-state index is 12.8. The highest BCUT2D eigenvalue weighted by atomic mass is 16.5. The molecule has 0 unspecified atom stereocenters. The fourth-order valence-corrected chi connectivity index (χ4v) is 4.30. The Balaban J connectivity index is 1.49. The number of hydrogen-bond acceptors (Lipinski definition) is 4. The molecule has 6 nitrogen and oxygen atoms in total. The number of aliphatic hydroxyl groups excluding tert-OH is 1. The molecule has 3 aromatic carbocycles. The molecule has 0 saturated carbocycles. The molecule has 1 aromatic heterocycles. The van der Waals surface area contributed by atoms with Crippen molar-refractivity contribution in [2.45, 2.75) is 33.0 Å². The first kappa shape index (κ1) is 24.5. The van der Waals surface area contributed by atoms with Crippen molar-refractivity contribution in [3.8, 4) is 5.75 Å². The summed E-state index contributed by atoms with van der Waals surface area (Å²) in [6.45, 7) is 6.24. The first-order chi connectivity index (χ1) is 17.1. The molecule has 3 N–H and O–H groups in total. The van der Waals surface area contributed by atoms with Gasteiger partial charge in [-0.25, -0.2) is 4.79 Å². The van der Waals surface area contributed by atoms with Crippen LogP contribution in [0, 0.1) is 6.92 Å². The fourth-order valence-electron chi connectivity index (χ4n) is 4.30. The number of fused-ring (bicyclic) bond motifs is 1. The second-order valence-corrected chi connectivity index (χ2v) is 8.61. The maximum atomic E-state index is 12.8. The number of aliphatic hydroxyl groups is 1. The van der Waals surface area contributed by atoms with Crippen molar-refractivity contribution >= 4 is 16.9 Å². The summed E-state index contributed by atoms with van der Waals surface area (Å²) in [4.78, 5) is 12.8. The van der Waals surface area contributed by atoms with Crippen LogP contribution in [0.15, 0.2) is 78.9 Å². The van der Waals surface area contributed by atoms with E-state index in [0.717, 1.165) is 28.7 Å². The van der Waals surface area contributed by atoms with Crippen molar-refractivity contribution in [3.63, 3.8) is 0 Å². The second-order valence-electron chi connectivity index (χ2n) is 8.61. The van der Waals surface area contributed by atoms with Crippen molar-refractivity contribution in [1.82, 2.24) is 4.57 Å². The Kier molecular flexibility index (Phi) is 8.19. The quantitative estimate of drug-likeness (QED) is 0.326. The molecule has 0 aliphatic rings. The predicted molar refractivity (Wildman–Crippen MR) is 137 cm³/mol. The number of aromatic nitrogens is 1. The number of nitrogens with zero attached hydrogens (tertiary/aromatic N) is 1. The summed E-state index contributed by atoms with van der Waals surface area (Å²) >= 11 is 0. The van der Waals surface area contributed by atoms with E-state index in [4.69, 9.17) is 9.47 Å². The summed E-state index contributed by atoms with van der Waals surface area (Å²) in [6, 6.07) is 26.0. The van der Waals surface area contributed by atoms with E-state index in [9.17, 15) is 9.90 Å². The number of ether oxygens (including phenoxy) is 2. The molecule has 0 amide bonds. The number of quaternary nitrogens is 1. The van der Waals surface area contributed by atoms with Crippen LogP contribution in [-0.2, 0) is 17.8 Å². The van der Waals surface area contributed by atoms with Gasteiger partial charge in [-0.15, -0.1) is 0 Å². The molecule has 0 aliphatic heterocycles. The minimum atomic E-state index is -0.608. The van der Waals surface area contributed by atoms with Gasteiger partial charge in [0.2, 0.25) is 0 Å². The van der Waals surface area contributed by atoms with Gasteiger partial charge >= 0.3 is 5.97 Å². The van der Waals surface area contributed by atoms with Gasteiger partial charge in [-0.3, -0.25) is 0 Å². The second kappa shape index (κ2) is 11.7. The van der Waals surface area contributed by atoms with E-state index >= 15 is 0 Å². The van der Waals surface area contributed by atoms with Gasteiger partial charge in [-0.1, -0.05) is 60.7 Å². The van der Waals surface area contributed by atoms with E-state index in [1.807, 2.05) is 61.5 Å². The molecule has 0 spiro atoms. The topological polar surface area (TPSA) is 77.3 Å². The van der Waals surface area contributed by atoms with Crippen LogP contribution in [0.25, 0.3) is 10.9 Å². The molecule has 0 bridgehead atoms. The third-order valence-corrected chi connectivity index (χ3v) is 6.06. The van der Waals surface area contributed by atoms with Gasteiger partial charge in [0.1, 0.15) is 31.5 Å². The summed E-state index contributed by atoms with van der Waals surface area (Å²) in [5, 5.41) is 13.3. The summed E-state index contributed by atoms with van der Waals surface area (Å²) in [7, 11) is 0. The Morgan fingerprint density at radius 1 is 1.00 bits per heavy atom. The van der Waals surface area contributed by atoms with Gasteiger partial charge in [0, 0.05) is 28.7 Å². The zero-order chi connectivity index (χ0) is 24.6. The molecule has 0 radical (unpaired) electrons. The number of hydrogen-bond donors (Lipinski definition) is 2.